The molecule has 0 unspecified atom stereocenters. The lowest BCUT2D eigenvalue weighted by Gasteiger charge is -2.04. The molecule has 0 saturated carbocycles. The van der Waals surface area contributed by atoms with Crippen molar-refractivity contribution >= 4 is 40.4 Å². The molecule has 3 aromatic rings. The Bertz CT molecular complexity index is 798. The highest BCUT2D eigenvalue weighted by Crippen LogP contribution is 2.33. The lowest BCUT2D eigenvalue weighted by molar-refractivity contribution is 0.276. The second-order valence-electron chi connectivity index (χ2n) is 4.26. The largest absolute Gasteiger partial charge is 0.390 e. The van der Waals surface area contributed by atoms with Gasteiger partial charge in [0.15, 0.2) is 0 Å². The summed E-state index contributed by atoms with van der Waals surface area (Å²) in [6.07, 6.45) is 1.77. The zero-order valence-electron chi connectivity index (χ0n) is 10.1. The number of aliphatic hydroxyl groups excluding tert-OH is 1. The Morgan fingerprint density at radius 1 is 1.05 bits per heavy atom. The van der Waals surface area contributed by atoms with E-state index < -0.39 is 0 Å². The van der Waals surface area contributed by atoms with Crippen LogP contribution in [0.1, 0.15) is 5.69 Å². The molecule has 1 aromatic carbocycles. The molecule has 0 aliphatic carbocycles. The quantitative estimate of drug-likeness (QED) is 0.755. The van der Waals surface area contributed by atoms with E-state index in [4.69, 9.17) is 34.8 Å². The van der Waals surface area contributed by atoms with E-state index in [1.165, 1.54) is 0 Å². The number of hydrogen-bond acceptors (Lipinski definition) is 2. The standard InChI is InChI=1S/C14H9Cl3N2O/c15-8-1-2-10(11(17)5-8)14-12(7-20)19-4-3-9(16)6-13(19)18-14/h1-6,20H,7H2. The predicted octanol–water partition coefficient (Wildman–Crippen LogP) is 4.45. The minimum atomic E-state index is -0.156. The lowest BCUT2D eigenvalue weighted by atomic mass is 10.1. The summed E-state index contributed by atoms with van der Waals surface area (Å²) in [6, 6.07) is 8.64. The van der Waals surface area contributed by atoms with Gasteiger partial charge in [0.25, 0.3) is 0 Å². The van der Waals surface area contributed by atoms with Crippen LogP contribution in [0.4, 0.5) is 0 Å². The lowest BCUT2D eigenvalue weighted by Crippen LogP contribution is -1.94. The summed E-state index contributed by atoms with van der Waals surface area (Å²) in [5, 5.41) is 11.2. The first-order valence-electron chi connectivity index (χ1n) is 5.83. The van der Waals surface area contributed by atoms with Gasteiger partial charge in [0.1, 0.15) is 5.65 Å². The fraction of sp³-hybridized carbons (Fsp3) is 0.0714. The van der Waals surface area contributed by atoms with E-state index in [0.29, 0.717) is 32.1 Å². The van der Waals surface area contributed by atoms with Crippen LogP contribution in [0.2, 0.25) is 15.1 Å². The molecule has 0 bridgehead atoms. The Hall–Kier alpha value is -1.26. The Morgan fingerprint density at radius 2 is 1.80 bits per heavy atom. The van der Waals surface area contributed by atoms with Crippen LogP contribution in [0.5, 0.6) is 0 Å². The summed E-state index contributed by atoms with van der Waals surface area (Å²) in [5.41, 5.74) is 2.65. The third-order valence-electron chi connectivity index (χ3n) is 3.02. The second kappa shape index (κ2) is 5.26. The van der Waals surface area contributed by atoms with E-state index in [2.05, 4.69) is 4.98 Å². The molecule has 102 valence electrons. The van der Waals surface area contributed by atoms with Gasteiger partial charge in [0.05, 0.1) is 23.0 Å². The number of hydrogen-bond donors (Lipinski definition) is 1. The zero-order valence-corrected chi connectivity index (χ0v) is 12.4. The number of aromatic nitrogens is 2. The maximum atomic E-state index is 9.62. The van der Waals surface area contributed by atoms with Crippen molar-refractivity contribution in [1.82, 2.24) is 9.38 Å². The number of nitrogens with zero attached hydrogens (tertiary/aromatic N) is 2. The number of halogens is 3. The van der Waals surface area contributed by atoms with Crippen molar-refractivity contribution in [3.63, 3.8) is 0 Å². The van der Waals surface area contributed by atoms with Crippen LogP contribution in [0.25, 0.3) is 16.9 Å². The van der Waals surface area contributed by atoms with Crippen LogP contribution in [0.15, 0.2) is 36.5 Å². The Morgan fingerprint density at radius 3 is 2.50 bits per heavy atom. The van der Waals surface area contributed by atoms with E-state index in [-0.39, 0.29) is 6.61 Å². The minimum absolute atomic E-state index is 0.156. The molecule has 3 nitrogen and oxygen atoms in total. The number of rotatable bonds is 2. The van der Waals surface area contributed by atoms with Crippen molar-refractivity contribution in [1.29, 1.82) is 0 Å². The number of aliphatic hydroxyl groups is 1. The third-order valence-corrected chi connectivity index (χ3v) is 3.81. The molecule has 0 spiro atoms. The number of fused-ring (bicyclic) bond motifs is 1. The van der Waals surface area contributed by atoms with Gasteiger partial charge < -0.3 is 9.51 Å². The normalized spacial score (nSPS) is 11.2. The van der Waals surface area contributed by atoms with E-state index >= 15 is 0 Å². The molecule has 20 heavy (non-hydrogen) atoms. The molecule has 2 aromatic heterocycles. The van der Waals surface area contributed by atoms with Gasteiger partial charge in [-0.15, -0.1) is 0 Å². The fourth-order valence-electron chi connectivity index (χ4n) is 2.12. The van der Waals surface area contributed by atoms with E-state index in [1.807, 2.05) is 0 Å². The average Bonchev–Trinajstić information content (AvgIpc) is 2.75. The van der Waals surface area contributed by atoms with Crippen molar-refractivity contribution in [2.75, 3.05) is 0 Å². The number of benzene rings is 1. The topological polar surface area (TPSA) is 37.5 Å². The van der Waals surface area contributed by atoms with E-state index in [1.54, 1.807) is 40.9 Å². The highest BCUT2D eigenvalue weighted by molar-refractivity contribution is 6.36. The van der Waals surface area contributed by atoms with Gasteiger partial charge in [-0.25, -0.2) is 4.98 Å². The average molecular weight is 328 g/mol. The van der Waals surface area contributed by atoms with Gasteiger partial charge in [-0.05, 0) is 24.3 Å². The van der Waals surface area contributed by atoms with Gasteiger partial charge in [0, 0.05) is 27.9 Å². The maximum Gasteiger partial charge on any atom is 0.139 e. The van der Waals surface area contributed by atoms with Crippen molar-refractivity contribution in [2.24, 2.45) is 0 Å². The number of imidazole rings is 1. The molecule has 0 radical (unpaired) electrons. The molecular formula is C14H9Cl3N2O. The molecule has 0 amide bonds. The third kappa shape index (κ3) is 2.27. The molecule has 0 atom stereocenters. The molecule has 1 N–H and O–H groups in total. The maximum absolute atomic E-state index is 9.62. The van der Waals surface area contributed by atoms with Crippen LogP contribution in [-0.2, 0) is 6.61 Å². The van der Waals surface area contributed by atoms with Crippen molar-refractivity contribution in [3.8, 4) is 11.3 Å². The van der Waals surface area contributed by atoms with Crippen LogP contribution in [0.3, 0.4) is 0 Å². The highest BCUT2D eigenvalue weighted by atomic mass is 35.5. The van der Waals surface area contributed by atoms with Crippen LogP contribution in [0, 0.1) is 0 Å². The Balaban J connectivity index is 2.30. The summed E-state index contributed by atoms with van der Waals surface area (Å²) in [6.45, 7) is -0.156. The summed E-state index contributed by atoms with van der Waals surface area (Å²) in [4.78, 5) is 4.50. The minimum Gasteiger partial charge on any atom is -0.390 e. The summed E-state index contributed by atoms with van der Waals surface area (Å²) in [5.74, 6) is 0. The molecule has 0 saturated heterocycles. The van der Waals surface area contributed by atoms with Gasteiger partial charge >= 0.3 is 0 Å². The van der Waals surface area contributed by atoms with Crippen LogP contribution < -0.4 is 0 Å². The fourth-order valence-corrected chi connectivity index (χ4v) is 2.77. The van der Waals surface area contributed by atoms with Crippen LogP contribution >= 0.6 is 34.8 Å². The second-order valence-corrected chi connectivity index (χ2v) is 5.54. The van der Waals surface area contributed by atoms with Crippen molar-refractivity contribution in [2.45, 2.75) is 6.61 Å². The smallest absolute Gasteiger partial charge is 0.139 e. The van der Waals surface area contributed by atoms with Crippen molar-refractivity contribution in [3.05, 3.63) is 57.3 Å². The first-order chi connectivity index (χ1) is 9.60. The predicted molar refractivity (Wildman–Crippen MR) is 81.6 cm³/mol. The van der Waals surface area contributed by atoms with E-state index in [9.17, 15) is 5.11 Å². The first-order valence-corrected chi connectivity index (χ1v) is 6.96. The monoisotopic (exact) mass is 326 g/mol. The van der Waals surface area contributed by atoms with Gasteiger partial charge in [-0.1, -0.05) is 34.8 Å². The number of pyridine rings is 1. The SMILES string of the molecule is OCc1c(-c2ccc(Cl)cc2Cl)nc2cc(Cl)ccn12. The molecule has 6 heteroatoms. The molecule has 3 rings (SSSR count). The van der Waals surface area contributed by atoms with Crippen molar-refractivity contribution < 1.29 is 5.11 Å². The highest BCUT2D eigenvalue weighted by Gasteiger charge is 2.16. The summed E-state index contributed by atoms with van der Waals surface area (Å²) >= 11 is 18.1. The van der Waals surface area contributed by atoms with Gasteiger partial charge in [0.2, 0.25) is 0 Å². The van der Waals surface area contributed by atoms with Gasteiger partial charge in [-0.2, -0.15) is 0 Å². The van der Waals surface area contributed by atoms with Gasteiger partial charge in [-0.3, -0.25) is 0 Å². The molecular weight excluding hydrogens is 319 g/mol. The molecule has 0 fully saturated rings. The Kier molecular flexibility index (Phi) is 3.61. The van der Waals surface area contributed by atoms with E-state index in [0.717, 1.165) is 5.56 Å². The molecule has 0 aliphatic heterocycles. The summed E-state index contributed by atoms with van der Waals surface area (Å²) < 4.78 is 1.78. The van der Waals surface area contributed by atoms with Crippen LogP contribution in [-0.4, -0.2) is 14.5 Å². The molecule has 2 heterocycles. The molecule has 0 aliphatic rings. The summed E-state index contributed by atoms with van der Waals surface area (Å²) in [7, 11) is 0. The zero-order chi connectivity index (χ0) is 14.3. The first kappa shape index (κ1) is 13.7. The Labute approximate surface area is 130 Å².